The Labute approximate surface area is 143 Å². The van der Waals surface area contributed by atoms with Gasteiger partial charge in [0.15, 0.2) is 0 Å². The minimum absolute atomic E-state index is 0.254. The van der Waals surface area contributed by atoms with Gasteiger partial charge in [-0.2, -0.15) is 0 Å². The molecule has 0 saturated carbocycles. The van der Waals surface area contributed by atoms with Gasteiger partial charge in [0.25, 0.3) is 0 Å². The number of nitrogens with one attached hydrogen (secondary N) is 2. The molecule has 2 amide bonds. The quantitative estimate of drug-likeness (QED) is 0.820. The van der Waals surface area contributed by atoms with Crippen LogP contribution < -0.4 is 15.4 Å². The van der Waals surface area contributed by atoms with Gasteiger partial charge in [-0.25, -0.2) is 4.79 Å². The van der Waals surface area contributed by atoms with Gasteiger partial charge in [0.2, 0.25) is 0 Å². The number of ether oxygens (including phenoxy) is 1. The van der Waals surface area contributed by atoms with Gasteiger partial charge in [-0.1, -0.05) is 44.2 Å². The second-order valence-electron chi connectivity index (χ2n) is 5.90. The molecule has 0 atom stereocenters. The van der Waals surface area contributed by atoms with Crippen LogP contribution in [0.15, 0.2) is 48.7 Å². The second kappa shape index (κ2) is 8.20. The van der Waals surface area contributed by atoms with E-state index in [2.05, 4.69) is 24.5 Å². The first-order valence-electron chi connectivity index (χ1n) is 7.99. The fraction of sp³-hybridized carbons (Fsp3) is 0.250. The van der Waals surface area contributed by atoms with Crippen molar-refractivity contribution in [2.75, 3.05) is 12.4 Å². The molecule has 0 aliphatic carbocycles. The Bertz CT molecular complexity index is 719. The van der Waals surface area contributed by atoms with Gasteiger partial charge in [-0.15, -0.1) is 0 Å². The Hall–Kier alpha value is -2.75. The SMILES string of the molecule is COc1ccc(/C=C/NC(=O)Nc2c(C)cccc2C(C)C)cc1. The number of rotatable bonds is 5. The van der Waals surface area contributed by atoms with Crippen molar-refractivity contribution in [2.24, 2.45) is 0 Å². The number of carbonyl (C=O) groups excluding carboxylic acids is 1. The Balaban J connectivity index is 1.99. The molecule has 2 N–H and O–H groups in total. The maximum atomic E-state index is 12.1. The molecule has 0 aromatic heterocycles. The van der Waals surface area contributed by atoms with Crippen molar-refractivity contribution >= 4 is 17.8 Å². The third kappa shape index (κ3) is 4.62. The van der Waals surface area contributed by atoms with E-state index in [0.717, 1.165) is 28.1 Å². The third-order valence-electron chi connectivity index (χ3n) is 3.77. The van der Waals surface area contributed by atoms with Crippen LogP contribution in [0.1, 0.15) is 36.5 Å². The van der Waals surface area contributed by atoms with Crippen molar-refractivity contribution in [3.8, 4) is 5.75 Å². The molecule has 0 fully saturated rings. The van der Waals surface area contributed by atoms with Crippen molar-refractivity contribution in [1.29, 1.82) is 0 Å². The molecule has 0 radical (unpaired) electrons. The number of methoxy groups -OCH3 is 1. The van der Waals surface area contributed by atoms with Gasteiger partial charge in [-0.3, -0.25) is 0 Å². The van der Waals surface area contributed by atoms with E-state index in [0.29, 0.717) is 5.92 Å². The highest BCUT2D eigenvalue weighted by Gasteiger charge is 2.11. The van der Waals surface area contributed by atoms with E-state index in [9.17, 15) is 4.79 Å². The van der Waals surface area contributed by atoms with Crippen molar-refractivity contribution < 1.29 is 9.53 Å². The summed E-state index contributed by atoms with van der Waals surface area (Å²) in [6.45, 7) is 6.22. The van der Waals surface area contributed by atoms with Crippen molar-refractivity contribution in [3.63, 3.8) is 0 Å². The van der Waals surface area contributed by atoms with Crippen LogP contribution in [0.2, 0.25) is 0 Å². The molecule has 4 heteroatoms. The van der Waals surface area contributed by atoms with E-state index in [-0.39, 0.29) is 6.03 Å². The summed E-state index contributed by atoms with van der Waals surface area (Å²) in [5.74, 6) is 1.15. The fourth-order valence-electron chi connectivity index (χ4n) is 2.42. The van der Waals surface area contributed by atoms with Crippen molar-refractivity contribution in [1.82, 2.24) is 5.32 Å². The fourth-order valence-corrected chi connectivity index (χ4v) is 2.42. The first-order chi connectivity index (χ1) is 11.5. The van der Waals surface area contributed by atoms with Gasteiger partial charge in [0, 0.05) is 11.9 Å². The standard InChI is InChI=1S/C20H24N2O2/c1-14(2)18-7-5-6-15(3)19(18)22-20(23)21-13-12-16-8-10-17(24-4)11-9-16/h5-14H,1-4H3,(H2,21,22,23)/b13-12+. The van der Waals surface area contributed by atoms with Gasteiger partial charge >= 0.3 is 6.03 Å². The summed E-state index contributed by atoms with van der Waals surface area (Å²) in [5, 5.41) is 5.68. The Morgan fingerprint density at radius 2 is 1.83 bits per heavy atom. The average Bonchev–Trinajstić information content (AvgIpc) is 2.57. The molecule has 24 heavy (non-hydrogen) atoms. The van der Waals surface area contributed by atoms with E-state index >= 15 is 0 Å². The minimum Gasteiger partial charge on any atom is -0.497 e. The predicted molar refractivity (Wildman–Crippen MR) is 99.5 cm³/mol. The van der Waals surface area contributed by atoms with Crippen LogP contribution in [-0.4, -0.2) is 13.1 Å². The molecule has 0 unspecified atom stereocenters. The van der Waals surface area contributed by atoms with Gasteiger partial charge in [-0.05, 0) is 47.7 Å². The molecule has 0 saturated heterocycles. The minimum atomic E-state index is -0.254. The first kappa shape index (κ1) is 17.6. The normalized spacial score (nSPS) is 10.9. The molecule has 0 spiro atoms. The number of urea groups is 1. The number of amides is 2. The van der Waals surface area contributed by atoms with Crippen LogP contribution in [-0.2, 0) is 0 Å². The zero-order valence-corrected chi connectivity index (χ0v) is 14.6. The lowest BCUT2D eigenvalue weighted by atomic mass is 9.98. The van der Waals surface area contributed by atoms with Gasteiger partial charge in [0.05, 0.1) is 7.11 Å². The number of carbonyl (C=O) groups is 1. The Kier molecular flexibility index (Phi) is 6.01. The van der Waals surface area contributed by atoms with Crippen LogP contribution in [0.25, 0.3) is 6.08 Å². The van der Waals surface area contributed by atoms with E-state index in [4.69, 9.17) is 4.74 Å². The molecule has 0 heterocycles. The number of anilines is 1. The van der Waals surface area contributed by atoms with Gasteiger partial charge < -0.3 is 15.4 Å². The number of hydrogen-bond donors (Lipinski definition) is 2. The van der Waals surface area contributed by atoms with Crippen LogP contribution in [0.4, 0.5) is 10.5 Å². The molecule has 0 aliphatic rings. The molecule has 2 aromatic rings. The lowest BCUT2D eigenvalue weighted by Gasteiger charge is -2.16. The lowest BCUT2D eigenvalue weighted by Crippen LogP contribution is -2.25. The summed E-state index contributed by atoms with van der Waals surface area (Å²) in [5.41, 5.74) is 4.04. The summed E-state index contributed by atoms with van der Waals surface area (Å²) < 4.78 is 5.12. The Morgan fingerprint density at radius 3 is 2.46 bits per heavy atom. The van der Waals surface area contributed by atoms with Crippen LogP contribution in [0, 0.1) is 6.92 Å². The van der Waals surface area contributed by atoms with Crippen LogP contribution in [0.3, 0.4) is 0 Å². The maximum absolute atomic E-state index is 12.1. The smallest absolute Gasteiger partial charge is 0.323 e. The number of aryl methyl sites for hydroxylation is 1. The van der Waals surface area contributed by atoms with E-state index in [1.807, 2.05) is 55.5 Å². The second-order valence-corrected chi connectivity index (χ2v) is 5.90. The Morgan fingerprint density at radius 1 is 1.12 bits per heavy atom. The molecule has 0 bridgehead atoms. The van der Waals surface area contributed by atoms with Crippen LogP contribution in [0.5, 0.6) is 5.75 Å². The van der Waals surface area contributed by atoms with E-state index in [1.54, 1.807) is 13.3 Å². The molecule has 2 rings (SSSR count). The summed E-state index contributed by atoms with van der Waals surface area (Å²) in [6, 6.07) is 13.4. The largest absolute Gasteiger partial charge is 0.497 e. The van der Waals surface area contributed by atoms with Crippen molar-refractivity contribution in [2.45, 2.75) is 26.7 Å². The van der Waals surface area contributed by atoms with Crippen molar-refractivity contribution in [3.05, 3.63) is 65.4 Å². The molecular weight excluding hydrogens is 300 g/mol. The summed E-state index contributed by atoms with van der Waals surface area (Å²) in [6.07, 6.45) is 3.46. The highest BCUT2D eigenvalue weighted by molar-refractivity contribution is 5.92. The van der Waals surface area contributed by atoms with E-state index in [1.165, 1.54) is 0 Å². The zero-order chi connectivity index (χ0) is 17.5. The van der Waals surface area contributed by atoms with Crippen LogP contribution >= 0.6 is 0 Å². The zero-order valence-electron chi connectivity index (χ0n) is 14.6. The number of hydrogen-bond acceptors (Lipinski definition) is 2. The average molecular weight is 324 g/mol. The number of para-hydroxylation sites is 1. The highest BCUT2D eigenvalue weighted by Crippen LogP contribution is 2.27. The third-order valence-corrected chi connectivity index (χ3v) is 3.77. The monoisotopic (exact) mass is 324 g/mol. The summed E-state index contributed by atoms with van der Waals surface area (Å²) in [7, 11) is 1.63. The maximum Gasteiger partial charge on any atom is 0.323 e. The summed E-state index contributed by atoms with van der Waals surface area (Å²) in [4.78, 5) is 12.1. The highest BCUT2D eigenvalue weighted by atomic mass is 16.5. The van der Waals surface area contributed by atoms with Gasteiger partial charge in [0.1, 0.15) is 5.75 Å². The number of benzene rings is 2. The first-order valence-corrected chi connectivity index (χ1v) is 7.99. The predicted octanol–water partition coefficient (Wildman–Crippen LogP) is 4.92. The molecular formula is C20H24N2O2. The molecule has 126 valence electrons. The summed E-state index contributed by atoms with van der Waals surface area (Å²) >= 11 is 0. The molecule has 2 aromatic carbocycles. The van der Waals surface area contributed by atoms with E-state index < -0.39 is 0 Å². The molecule has 4 nitrogen and oxygen atoms in total. The molecule has 0 aliphatic heterocycles. The lowest BCUT2D eigenvalue weighted by molar-refractivity contribution is 0.255. The topological polar surface area (TPSA) is 50.4 Å².